The lowest BCUT2D eigenvalue weighted by Crippen LogP contribution is -2.50. The number of hydrogen-bond donors (Lipinski definition) is 1. The van der Waals surface area contributed by atoms with Crippen LogP contribution in [0.4, 0.5) is 4.79 Å². The van der Waals surface area contributed by atoms with Crippen LogP contribution in [0.25, 0.3) is 0 Å². The quantitative estimate of drug-likeness (QED) is 0.910. The van der Waals surface area contributed by atoms with Gasteiger partial charge in [0.05, 0.1) is 6.04 Å². The van der Waals surface area contributed by atoms with E-state index in [1.165, 1.54) is 11.1 Å². The van der Waals surface area contributed by atoms with Gasteiger partial charge in [0.25, 0.3) is 0 Å². The van der Waals surface area contributed by atoms with E-state index in [2.05, 4.69) is 38.2 Å². The number of aryl methyl sites for hydroxylation is 1. The molecule has 1 saturated heterocycles. The van der Waals surface area contributed by atoms with Crippen molar-refractivity contribution in [3.05, 3.63) is 35.4 Å². The van der Waals surface area contributed by atoms with Gasteiger partial charge in [-0.3, -0.25) is 4.79 Å². The Kier molecular flexibility index (Phi) is 6.45. The molecule has 3 amide bonds. The summed E-state index contributed by atoms with van der Waals surface area (Å²) >= 11 is 0. The minimum absolute atomic E-state index is 0.00585. The minimum atomic E-state index is -0.00844. The van der Waals surface area contributed by atoms with Crippen molar-refractivity contribution in [3.63, 3.8) is 0 Å². The van der Waals surface area contributed by atoms with Crippen molar-refractivity contribution in [3.8, 4) is 0 Å². The summed E-state index contributed by atoms with van der Waals surface area (Å²) in [6, 6.07) is 8.45. The number of piperidine rings is 1. The number of amides is 3. The molecule has 1 N–H and O–H groups in total. The molecule has 1 aliphatic heterocycles. The van der Waals surface area contributed by atoms with Crippen LogP contribution in [-0.4, -0.2) is 47.9 Å². The maximum Gasteiger partial charge on any atom is 0.317 e. The number of carbonyl (C=O) groups excluding carboxylic acids is 2. The zero-order chi connectivity index (χ0) is 18.6. The molecule has 1 aliphatic rings. The van der Waals surface area contributed by atoms with E-state index in [1.807, 2.05) is 24.1 Å². The number of rotatable bonds is 4. The Labute approximate surface area is 151 Å². The standard InChI is InChI=1S/C20H31N3O2/c1-14(2)19(18-9-7-6-8-15(18)3)21-20(25)23-12-10-17(11-13-23)22(5)16(4)24/h6-9,14,17,19H,10-13H2,1-5H3,(H,21,25). The highest BCUT2D eigenvalue weighted by molar-refractivity contribution is 5.75. The van der Waals surface area contributed by atoms with Crippen molar-refractivity contribution >= 4 is 11.9 Å². The number of urea groups is 1. The Morgan fingerprint density at radius 2 is 1.80 bits per heavy atom. The number of nitrogens with one attached hydrogen (secondary N) is 1. The molecule has 138 valence electrons. The number of benzene rings is 1. The van der Waals surface area contributed by atoms with Gasteiger partial charge in [0.1, 0.15) is 0 Å². The Morgan fingerprint density at radius 3 is 2.32 bits per heavy atom. The Morgan fingerprint density at radius 1 is 1.20 bits per heavy atom. The molecule has 0 radical (unpaired) electrons. The third-order valence-corrected chi connectivity index (χ3v) is 5.27. The molecule has 1 atom stereocenters. The van der Waals surface area contributed by atoms with E-state index in [1.54, 1.807) is 11.8 Å². The van der Waals surface area contributed by atoms with Gasteiger partial charge in [-0.15, -0.1) is 0 Å². The summed E-state index contributed by atoms with van der Waals surface area (Å²) < 4.78 is 0. The summed E-state index contributed by atoms with van der Waals surface area (Å²) in [5.41, 5.74) is 2.38. The summed E-state index contributed by atoms with van der Waals surface area (Å²) in [5.74, 6) is 0.397. The molecule has 1 fully saturated rings. The molecule has 0 bridgehead atoms. The summed E-state index contributed by atoms with van der Waals surface area (Å²) in [5, 5.41) is 3.22. The highest BCUT2D eigenvalue weighted by Gasteiger charge is 2.28. The van der Waals surface area contributed by atoms with Gasteiger partial charge in [-0.25, -0.2) is 4.79 Å². The van der Waals surface area contributed by atoms with E-state index >= 15 is 0 Å². The first-order valence-corrected chi connectivity index (χ1v) is 9.15. The third-order valence-electron chi connectivity index (χ3n) is 5.27. The van der Waals surface area contributed by atoms with E-state index in [0.29, 0.717) is 19.0 Å². The first-order chi connectivity index (χ1) is 11.8. The highest BCUT2D eigenvalue weighted by Crippen LogP contribution is 2.25. The zero-order valence-electron chi connectivity index (χ0n) is 16.1. The van der Waals surface area contributed by atoms with E-state index < -0.39 is 0 Å². The van der Waals surface area contributed by atoms with Crippen molar-refractivity contribution < 1.29 is 9.59 Å². The van der Waals surface area contributed by atoms with E-state index in [-0.39, 0.29) is 24.0 Å². The lowest BCUT2D eigenvalue weighted by Gasteiger charge is -2.37. The fraction of sp³-hybridized carbons (Fsp3) is 0.600. The molecule has 1 heterocycles. The van der Waals surface area contributed by atoms with Crippen molar-refractivity contribution in [2.45, 2.75) is 52.6 Å². The lowest BCUT2D eigenvalue weighted by molar-refractivity contribution is -0.130. The van der Waals surface area contributed by atoms with E-state index in [0.717, 1.165) is 12.8 Å². The molecule has 1 unspecified atom stereocenters. The molecule has 2 rings (SSSR count). The number of carbonyl (C=O) groups is 2. The van der Waals surface area contributed by atoms with Crippen LogP contribution in [0.15, 0.2) is 24.3 Å². The molecule has 5 heteroatoms. The van der Waals surface area contributed by atoms with Crippen LogP contribution in [0, 0.1) is 12.8 Å². The van der Waals surface area contributed by atoms with Crippen molar-refractivity contribution in [1.29, 1.82) is 0 Å². The molecular formula is C20H31N3O2. The second-order valence-corrected chi connectivity index (χ2v) is 7.38. The van der Waals surface area contributed by atoms with Crippen molar-refractivity contribution in [2.75, 3.05) is 20.1 Å². The van der Waals surface area contributed by atoms with E-state index in [9.17, 15) is 9.59 Å². The summed E-state index contributed by atoms with van der Waals surface area (Å²) in [4.78, 5) is 27.9. The zero-order valence-corrected chi connectivity index (χ0v) is 16.1. The molecule has 0 aromatic heterocycles. The smallest absolute Gasteiger partial charge is 0.317 e. The van der Waals surface area contributed by atoms with Crippen LogP contribution in [0.3, 0.4) is 0 Å². The largest absolute Gasteiger partial charge is 0.343 e. The molecule has 0 aliphatic carbocycles. The van der Waals surface area contributed by atoms with Crippen LogP contribution >= 0.6 is 0 Å². The van der Waals surface area contributed by atoms with Crippen LogP contribution in [-0.2, 0) is 4.79 Å². The van der Waals surface area contributed by atoms with Crippen molar-refractivity contribution in [1.82, 2.24) is 15.1 Å². The summed E-state index contributed by atoms with van der Waals surface area (Å²) in [7, 11) is 1.84. The number of likely N-dealkylation sites (tertiary alicyclic amines) is 1. The lowest BCUT2D eigenvalue weighted by atomic mass is 9.93. The Hall–Kier alpha value is -2.04. The maximum atomic E-state index is 12.7. The molecule has 0 saturated carbocycles. The van der Waals surface area contributed by atoms with Crippen LogP contribution < -0.4 is 5.32 Å². The predicted octanol–water partition coefficient (Wildman–Crippen LogP) is 3.34. The van der Waals surface area contributed by atoms with E-state index in [4.69, 9.17) is 0 Å². The highest BCUT2D eigenvalue weighted by atomic mass is 16.2. The normalized spacial score (nSPS) is 16.6. The SMILES string of the molecule is CC(=O)N(C)C1CCN(C(=O)NC(c2ccccc2C)C(C)C)CC1. The van der Waals surface area contributed by atoms with Gasteiger partial charge in [-0.05, 0) is 36.8 Å². The fourth-order valence-electron chi connectivity index (χ4n) is 3.48. The molecule has 0 spiro atoms. The second-order valence-electron chi connectivity index (χ2n) is 7.38. The van der Waals surface area contributed by atoms with Gasteiger partial charge in [0.2, 0.25) is 5.91 Å². The monoisotopic (exact) mass is 345 g/mol. The molecule has 5 nitrogen and oxygen atoms in total. The average Bonchev–Trinajstić information content (AvgIpc) is 2.59. The Bertz CT molecular complexity index is 607. The molecular weight excluding hydrogens is 314 g/mol. The van der Waals surface area contributed by atoms with Gasteiger partial charge in [-0.2, -0.15) is 0 Å². The minimum Gasteiger partial charge on any atom is -0.343 e. The van der Waals surface area contributed by atoms with Crippen LogP contribution in [0.2, 0.25) is 0 Å². The molecule has 25 heavy (non-hydrogen) atoms. The van der Waals surface area contributed by atoms with Crippen LogP contribution in [0.5, 0.6) is 0 Å². The van der Waals surface area contributed by atoms with Crippen LogP contribution in [0.1, 0.15) is 50.8 Å². The van der Waals surface area contributed by atoms with Crippen molar-refractivity contribution in [2.24, 2.45) is 5.92 Å². The summed E-state index contributed by atoms with van der Waals surface area (Å²) in [6.45, 7) is 9.31. The topological polar surface area (TPSA) is 52.7 Å². The third kappa shape index (κ3) is 4.74. The number of hydrogen-bond acceptors (Lipinski definition) is 2. The van der Waals surface area contributed by atoms with Gasteiger partial charge in [0, 0.05) is 33.1 Å². The fourth-order valence-corrected chi connectivity index (χ4v) is 3.48. The van der Waals surface area contributed by atoms with Gasteiger partial charge in [-0.1, -0.05) is 38.1 Å². The first-order valence-electron chi connectivity index (χ1n) is 9.15. The number of nitrogens with zero attached hydrogens (tertiary/aromatic N) is 2. The molecule has 1 aromatic carbocycles. The maximum absolute atomic E-state index is 12.7. The van der Waals surface area contributed by atoms with Gasteiger partial charge < -0.3 is 15.1 Å². The first kappa shape index (κ1) is 19.3. The Balaban J connectivity index is 1.99. The predicted molar refractivity (Wildman–Crippen MR) is 100 cm³/mol. The second kappa shape index (κ2) is 8.37. The van der Waals surface area contributed by atoms with Gasteiger partial charge >= 0.3 is 6.03 Å². The summed E-state index contributed by atoms with van der Waals surface area (Å²) in [6.07, 6.45) is 1.67. The van der Waals surface area contributed by atoms with Gasteiger partial charge in [0.15, 0.2) is 0 Å². The molecule has 1 aromatic rings. The average molecular weight is 345 g/mol.